The molecule has 0 radical (unpaired) electrons. The van der Waals surface area contributed by atoms with Crippen molar-refractivity contribution in [3.8, 4) is 0 Å². The number of rotatable bonds is 1. The van der Waals surface area contributed by atoms with Crippen LogP contribution in [-0.2, 0) is 0 Å². The molecule has 0 aromatic carbocycles. The Morgan fingerprint density at radius 2 is 1.57 bits per heavy atom. The summed E-state index contributed by atoms with van der Waals surface area (Å²) in [6.45, 7) is 7.08. The van der Waals surface area contributed by atoms with E-state index in [4.69, 9.17) is 0 Å². The Hall–Kier alpha value is -0.0800. The molecule has 4 rings (SSSR count). The fourth-order valence-corrected chi connectivity index (χ4v) is 8.07. The third-order valence-electron chi connectivity index (χ3n) is 9.29. The van der Waals surface area contributed by atoms with Gasteiger partial charge < -0.3 is 10.2 Å². The van der Waals surface area contributed by atoms with Crippen LogP contribution in [0.4, 0.5) is 0 Å². The molecule has 0 bridgehead atoms. The van der Waals surface area contributed by atoms with Gasteiger partial charge >= 0.3 is 0 Å². The maximum absolute atomic E-state index is 10.3. The van der Waals surface area contributed by atoms with Crippen molar-refractivity contribution < 1.29 is 10.2 Å². The molecule has 2 nitrogen and oxygen atoms in total. The third kappa shape index (κ3) is 2.27. The second-order valence-corrected chi connectivity index (χ2v) is 10.1. The predicted octanol–water partition coefficient (Wildman–Crippen LogP) is 4.39. The summed E-state index contributed by atoms with van der Waals surface area (Å²) in [4.78, 5) is 0. The van der Waals surface area contributed by atoms with Crippen LogP contribution in [0.3, 0.4) is 0 Å². The minimum absolute atomic E-state index is 0.0374. The standard InChI is InChI=1S/C21H36O2/c1-13(22)17-6-7-18-16-5-4-14-12-15(23)8-10-20(14,2)19(16)9-11-21(17,18)3/h13-19,22-23H,4-12H2,1-3H3/t13?,14-,15?,16-,17+,18-,19-,20-,21+/m0/s1. The topological polar surface area (TPSA) is 40.5 Å². The van der Waals surface area contributed by atoms with Crippen LogP contribution in [0.5, 0.6) is 0 Å². The van der Waals surface area contributed by atoms with E-state index in [1.165, 1.54) is 44.9 Å². The van der Waals surface area contributed by atoms with Crippen LogP contribution in [0.15, 0.2) is 0 Å². The summed E-state index contributed by atoms with van der Waals surface area (Å²) in [6.07, 6.45) is 11.1. The van der Waals surface area contributed by atoms with E-state index in [-0.39, 0.29) is 12.2 Å². The molecule has 2 N–H and O–H groups in total. The van der Waals surface area contributed by atoms with E-state index >= 15 is 0 Å². The first kappa shape index (κ1) is 16.4. The molecule has 23 heavy (non-hydrogen) atoms. The second-order valence-electron chi connectivity index (χ2n) is 10.1. The number of aliphatic hydroxyl groups excluding tert-OH is 2. The molecule has 2 heteroatoms. The van der Waals surface area contributed by atoms with E-state index in [1.54, 1.807) is 0 Å². The van der Waals surface area contributed by atoms with Gasteiger partial charge in [-0.15, -0.1) is 0 Å². The molecule has 132 valence electrons. The normalized spacial score (nSPS) is 57.3. The molecule has 0 aromatic rings. The quantitative estimate of drug-likeness (QED) is 0.752. The molecule has 9 atom stereocenters. The van der Waals surface area contributed by atoms with Gasteiger partial charge in [0, 0.05) is 0 Å². The zero-order chi connectivity index (χ0) is 16.4. The van der Waals surface area contributed by atoms with Crippen molar-refractivity contribution in [2.75, 3.05) is 0 Å². The lowest BCUT2D eigenvalue weighted by molar-refractivity contribution is -0.132. The van der Waals surface area contributed by atoms with E-state index in [0.29, 0.717) is 16.7 Å². The van der Waals surface area contributed by atoms with Gasteiger partial charge in [0.25, 0.3) is 0 Å². The first-order valence-corrected chi connectivity index (χ1v) is 10.2. The zero-order valence-corrected chi connectivity index (χ0v) is 15.3. The summed E-state index contributed by atoms with van der Waals surface area (Å²) in [5.41, 5.74) is 0.860. The van der Waals surface area contributed by atoms with Crippen LogP contribution in [0.25, 0.3) is 0 Å². The summed E-state index contributed by atoms with van der Waals surface area (Å²) in [6, 6.07) is 0. The van der Waals surface area contributed by atoms with Gasteiger partial charge in [-0.05, 0) is 105 Å². The molecule has 4 aliphatic carbocycles. The summed E-state index contributed by atoms with van der Waals surface area (Å²) in [5, 5.41) is 20.4. The zero-order valence-electron chi connectivity index (χ0n) is 15.3. The first-order chi connectivity index (χ1) is 10.9. The molecular weight excluding hydrogens is 284 g/mol. The summed E-state index contributed by atoms with van der Waals surface area (Å²) < 4.78 is 0. The summed E-state index contributed by atoms with van der Waals surface area (Å²) in [5.74, 6) is 3.87. The van der Waals surface area contributed by atoms with Crippen molar-refractivity contribution >= 4 is 0 Å². The SMILES string of the molecule is CC(O)[C@H]1CC[C@H]2[C@@H]3CC[C@H]4CC(O)CC[C@]4(C)[C@H]3CC[C@]12C. The van der Waals surface area contributed by atoms with E-state index in [9.17, 15) is 10.2 Å². The second kappa shape index (κ2) is 5.46. The maximum Gasteiger partial charge on any atom is 0.0545 e. The number of hydrogen-bond donors (Lipinski definition) is 2. The van der Waals surface area contributed by atoms with E-state index in [1.807, 2.05) is 6.92 Å². The summed E-state index contributed by atoms with van der Waals surface area (Å²) in [7, 11) is 0. The van der Waals surface area contributed by atoms with Gasteiger partial charge in [-0.25, -0.2) is 0 Å². The molecular formula is C21H36O2. The third-order valence-corrected chi connectivity index (χ3v) is 9.29. The number of aliphatic hydroxyl groups is 2. The van der Waals surface area contributed by atoms with E-state index in [2.05, 4.69) is 13.8 Å². The predicted molar refractivity (Wildman–Crippen MR) is 92.9 cm³/mol. The first-order valence-electron chi connectivity index (χ1n) is 10.2. The average Bonchev–Trinajstić information content (AvgIpc) is 2.85. The van der Waals surface area contributed by atoms with E-state index in [0.717, 1.165) is 36.5 Å². The molecule has 4 saturated carbocycles. The van der Waals surface area contributed by atoms with Gasteiger partial charge in [-0.1, -0.05) is 13.8 Å². The Bertz CT molecular complexity index is 461. The molecule has 0 saturated heterocycles. The van der Waals surface area contributed by atoms with Crippen LogP contribution in [-0.4, -0.2) is 22.4 Å². The number of hydrogen-bond acceptors (Lipinski definition) is 2. The highest BCUT2D eigenvalue weighted by Crippen LogP contribution is 2.67. The summed E-state index contributed by atoms with van der Waals surface area (Å²) >= 11 is 0. The minimum Gasteiger partial charge on any atom is -0.393 e. The van der Waals surface area contributed by atoms with Gasteiger partial charge in [-0.3, -0.25) is 0 Å². The molecule has 4 aliphatic rings. The fourth-order valence-electron chi connectivity index (χ4n) is 8.07. The Morgan fingerprint density at radius 1 is 0.870 bits per heavy atom. The Balaban J connectivity index is 1.60. The lowest BCUT2D eigenvalue weighted by atomic mass is 9.44. The average molecular weight is 321 g/mol. The molecule has 0 aromatic heterocycles. The molecule has 0 amide bonds. The van der Waals surface area contributed by atoms with Gasteiger partial charge in [0.05, 0.1) is 12.2 Å². The Labute approximate surface area is 142 Å². The van der Waals surface area contributed by atoms with Crippen LogP contribution in [0.1, 0.15) is 78.6 Å². The molecule has 0 aliphatic heterocycles. The highest BCUT2D eigenvalue weighted by Gasteiger charge is 2.60. The lowest BCUT2D eigenvalue weighted by Gasteiger charge is -2.61. The fraction of sp³-hybridized carbons (Fsp3) is 1.00. The highest BCUT2D eigenvalue weighted by molar-refractivity contribution is 5.09. The van der Waals surface area contributed by atoms with Crippen LogP contribution >= 0.6 is 0 Å². The van der Waals surface area contributed by atoms with Gasteiger partial charge in [0.15, 0.2) is 0 Å². The van der Waals surface area contributed by atoms with Crippen molar-refractivity contribution in [2.24, 2.45) is 40.4 Å². The van der Waals surface area contributed by atoms with Crippen molar-refractivity contribution in [3.05, 3.63) is 0 Å². The van der Waals surface area contributed by atoms with E-state index < -0.39 is 0 Å². The van der Waals surface area contributed by atoms with Crippen molar-refractivity contribution in [3.63, 3.8) is 0 Å². The van der Waals surface area contributed by atoms with Crippen LogP contribution < -0.4 is 0 Å². The van der Waals surface area contributed by atoms with Crippen molar-refractivity contribution in [2.45, 2.75) is 90.8 Å². The lowest BCUT2D eigenvalue weighted by Crippen LogP contribution is -2.54. The van der Waals surface area contributed by atoms with Gasteiger partial charge in [0.2, 0.25) is 0 Å². The largest absolute Gasteiger partial charge is 0.393 e. The Morgan fingerprint density at radius 3 is 2.30 bits per heavy atom. The Kier molecular flexibility index (Phi) is 3.89. The molecule has 2 unspecified atom stereocenters. The van der Waals surface area contributed by atoms with Gasteiger partial charge in [0.1, 0.15) is 0 Å². The number of fused-ring (bicyclic) bond motifs is 5. The smallest absolute Gasteiger partial charge is 0.0545 e. The molecule has 0 spiro atoms. The minimum atomic E-state index is -0.140. The van der Waals surface area contributed by atoms with Crippen LogP contribution in [0, 0.1) is 40.4 Å². The van der Waals surface area contributed by atoms with Crippen molar-refractivity contribution in [1.82, 2.24) is 0 Å². The molecule has 0 heterocycles. The highest BCUT2D eigenvalue weighted by atomic mass is 16.3. The van der Waals surface area contributed by atoms with Gasteiger partial charge in [-0.2, -0.15) is 0 Å². The monoisotopic (exact) mass is 320 g/mol. The van der Waals surface area contributed by atoms with Crippen molar-refractivity contribution in [1.29, 1.82) is 0 Å². The maximum atomic E-state index is 10.3. The molecule has 4 fully saturated rings. The van der Waals surface area contributed by atoms with Crippen LogP contribution in [0.2, 0.25) is 0 Å².